The molecule has 0 aliphatic rings. The van der Waals surface area contributed by atoms with Crippen molar-refractivity contribution in [2.24, 2.45) is 0 Å². The van der Waals surface area contributed by atoms with Crippen LogP contribution in [-0.4, -0.2) is 50.9 Å². The highest BCUT2D eigenvalue weighted by Gasteiger charge is 2.13. The van der Waals surface area contributed by atoms with Gasteiger partial charge in [0.2, 0.25) is 17.7 Å². The number of aromatic nitrogens is 5. The number of fused-ring (bicyclic) bond motifs is 1. The van der Waals surface area contributed by atoms with Crippen molar-refractivity contribution in [3.8, 4) is 11.6 Å². The number of methoxy groups -OCH3 is 1. The number of nitrogens with two attached hydrogens (primary N) is 1. The summed E-state index contributed by atoms with van der Waals surface area (Å²) >= 11 is 0. The molecule has 30 heavy (non-hydrogen) atoms. The van der Waals surface area contributed by atoms with Crippen LogP contribution in [0.2, 0.25) is 0 Å². The molecule has 0 aliphatic carbocycles. The number of benzene rings is 1. The first-order valence-electron chi connectivity index (χ1n) is 9.65. The largest absolute Gasteiger partial charge is 0.461 e. The van der Waals surface area contributed by atoms with E-state index in [1.165, 1.54) is 10.1 Å². The van der Waals surface area contributed by atoms with Gasteiger partial charge in [-0.2, -0.15) is 19.5 Å². The Morgan fingerprint density at radius 2 is 2.00 bits per heavy atom. The normalized spacial score (nSPS) is 12.2. The van der Waals surface area contributed by atoms with E-state index < -0.39 is 0 Å². The van der Waals surface area contributed by atoms with Gasteiger partial charge in [0, 0.05) is 25.4 Å². The van der Waals surface area contributed by atoms with Crippen LogP contribution in [0.4, 0.5) is 17.6 Å². The minimum atomic E-state index is 0.202. The number of nitrogens with one attached hydrogen (secondary N) is 2. The Labute approximate surface area is 173 Å². The quantitative estimate of drug-likeness (QED) is 0.382. The fourth-order valence-corrected chi connectivity index (χ4v) is 3.06. The third-order valence-corrected chi connectivity index (χ3v) is 4.46. The molecule has 4 rings (SSSR count). The summed E-state index contributed by atoms with van der Waals surface area (Å²) in [5.41, 5.74) is 8.27. The van der Waals surface area contributed by atoms with Crippen molar-refractivity contribution in [2.45, 2.75) is 19.4 Å². The highest BCUT2D eigenvalue weighted by Crippen LogP contribution is 2.18. The first kappa shape index (κ1) is 19.6. The molecule has 10 heteroatoms. The Balaban J connectivity index is 1.37. The average molecular weight is 408 g/mol. The van der Waals surface area contributed by atoms with Gasteiger partial charge in [0.25, 0.3) is 5.78 Å². The van der Waals surface area contributed by atoms with Crippen molar-refractivity contribution < 1.29 is 9.15 Å². The van der Waals surface area contributed by atoms with Gasteiger partial charge in [0.05, 0.1) is 12.9 Å². The molecule has 1 atom stereocenters. The third-order valence-electron chi connectivity index (χ3n) is 4.46. The molecule has 0 radical (unpaired) electrons. The van der Waals surface area contributed by atoms with E-state index in [1.54, 1.807) is 25.5 Å². The van der Waals surface area contributed by atoms with E-state index in [4.69, 9.17) is 14.9 Å². The molecule has 1 aromatic carbocycles. The zero-order valence-electron chi connectivity index (χ0n) is 16.9. The molecule has 0 saturated carbocycles. The predicted molar refractivity (Wildman–Crippen MR) is 114 cm³/mol. The summed E-state index contributed by atoms with van der Waals surface area (Å²) in [6.45, 7) is 3.40. The first-order chi connectivity index (χ1) is 14.6. The number of ether oxygens (including phenoxy) is 1. The molecule has 156 valence electrons. The smallest absolute Gasteiger partial charge is 0.259 e. The molecular formula is C20H24N8O2. The molecule has 10 nitrogen and oxygen atoms in total. The topological polar surface area (TPSA) is 128 Å². The molecule has 1 unspecified atom stereocenters. The van der Waals surface area contributed by atoms with Crippen molar-refractivity contribution in [1.82, 2.24) is 24.6 Å². The maximum atomic E-state index is 6.01. The van der Waals surface area contributed by atoms with Gasteiger partial charge in [-0.1, -0.05) is 12.1 Å². The van der Waals surface area contributed by atoms with Gasteiger partial charge in [0.1, 0.15) is 0 Å². The van der Waals surface area contributed by atoms with E-state index in [-0.39, 0.29) is 12.0 Å². The van der Waals surface area contributed by atoms with Crippen molar-refractivity contribution in [1.29, 1.82) is 0 Å². The standard InChI is InChI=1S/C20H24N8O2/c1-13(12-29-2)23-15-7-5-14(6-8-15)9-10-22-19-25-18(21)28-20(26-19)24-17(27-28)16-4-3-11-30-16/h3-8,11,13,23H,9-10,12H2,1-2H3,(H3,21,22,24,25,26,27). The first-order valence-corrected chi connectivity index (χ1v) is 9.65. The van der Waals surface area contributed by atoms with E-state index in [2.05, 4.69) is 61.9 Å². The number of nitrogens with zero attached hydrogens (tertiary/aromatic N) is 5. The van der Waals surface area contributed by atoms with E-state index in [0.29, 0.717) is 36.5 Å². The lowest BCUT2D eigenvalue weighted by Crippen LogP contribution is -2.20. The molecule has 4 aromatic rings. The molecule has 3 heterocycles. The van der Waals surface area contributed by atoms with Crippen LogP contribution < -0.4 is 16.4 Å². The van der Waals surface area contributed by atoms with Crippen molar-refractivity contribution >= 4 is 23.4 Å². The second-order valence-electron chi connectivity index (χ2n) is 6.90. The lowest BCUT2D eigenvalue weighted by Gasteiger charge is -2.14. The lowest BCUT2D eigenvalue weighted by molar-refractivity contribution is 0.190. The summed E-state index contributed by atoms with van der Waals surface area (Å²) in [6.07, 6.45) is 2.37. The number of hydrogen-bond acceptors (Lipinski definition) is 9. The molecular weight excluding hydrogens is 384 g/mol. The van der Waals surface area contributed by atoms with E-state index in [0.717, 1.165) is 12.1 Å². The van der Waals surface area contributed by atoms with Gasteiger partial charge < -0.3 is 25.5 Å². The maximum absolute atomic E-state index is 6.01. The highest BCUT2D eigenvalue weighted by molar-refractivity contribution is 5.52. The number of hydrogen-bond donors (Lipinski definition) is 3. The number of furan rings is 1. The second-order valence-corrected chi connectivity index (χ2v) is 6.90. The average Bonchev–Trinajstić information content (AvgIpc) is 3.39. The maximum Gasteiger partial charge on any atom is 0.259 e. The monoisotopic (exact) mass is 408 g/mol. The van der Waals surface area contributed by atoms with Gasteiger partial charge in [-0.3, -0.25) is 0 Å². The van der Waals surface area contributed by atoms with Crippen LogP contribution in [0.25, 0.3) is 17.4 Å². The molecule has 3 aromatic heterocycles. The van der Waals surface area contributed by atoms with Crippen LogP contribution in [0.15, 0.2) is 47.1 Å². The molecule has 0 bridgehead atoms. The lowest BCUT2D eigenvalue weighted by atomic mass is 10.1. The van der Waals surface area contributed by atoms with Gasteiger partial charge in [-0.05, 0) is 43.2 Å². The minimum Gasteiger partial charge on any atom is -0.461 e. The fourth-order valence-electron chi connectivity index (χ4n) is 3.06. The molecule has 0 spiro atoms. The van der Waals surface area contributed by atoms with E-state index in [1.807, 2.05) is 0 Å². The summed E-state index contributed by atoms with van der Waals surface area (Å²) in [6, 6.07) is 12.1. The zero-order chi connectivity index (χ0) is 20.9. The Morgan fingerprint density at radius 1 is 1.17 bits per heavy atom. The van der Waals surface area contributed by atoms with Crippen LogP contribution in [0, 0.1) is 0 Å². The van der Waals surface area contributed by atoms with Crippen molar-refractivity contribution in [2.75, 3.05) is 36.6 Å². The Kier molecular flexibility index (Phi) is 5.75. The Hall–Kier alpha value is -3.66. The van der Waals surface area contributed by atoms with E-state index in [9.17, 15) is 0 Å². The number of nitrogen functional groups attached to an aromatic ring is 1. The van der Waals surface area contributed by atoms with Gasteiger partial charge in [0.15, 0.2) is 5.76 Å². The number of rotatable bonds is 9. The van der Waals surface area contributed by atoms with Gasteiger partial charge in [-0.25, -0.2) is 0 Å². The summed E-state index contributed by atoms with van der Waals surface area (Å²) in [7, 11) is 1.70. The predicted octanol–water partition coefficient (Wildman–Crippen LogP) is 2.46. The molecule has 0 fully saturated rings. The molecule has 0 amide bonds. The highest BCUT2D eigenvalue weighted by atomic mass is 16.5. The van der Waals surface area contributed by atoms with E-state index >= 15 is 0 Å². The summed E-state index contributed by atoms with van der Waals surface area (Å²) in [4.78, 5) is 13.0. The fraction of sp³-hybridized carbons (Fsp3) is 0.300. The minimum absolute atomic E-state index is 0.202. The van der Waals surface area contributed by atoms with Crippen LogP contribution in [-0.2, 0) is 11.2 Å². The Bertz CT molecular complexity index is 1090. The van der Waals surface area contributed by atoms with Crippen molar-refractivity contribution in [3.63, 3.8) is 0 Å². The second kappa shape index (κ2) is 8.78. The summed E-state index contributed by atoms with van der Waals surface area (Å²) in [5.74, 6) is 1.92. The van der Waals surface area contributed by atoms with Crippen LogP contribution in [0.3, 0.4) is 0 Å². The van der Waals surface area contributed by atoms with Crippen LogP contribution in [0.1, 0.15) is 12.5 Å². The van der Waals surface area contributed by atoms with Crippen LogP contribution in [0.5, 0.6) is 0 Å². The van der Waals surface area contributed by atoms with Crippen LogP contribution >= 0.6 is 0 Å². The van der Waals surface area contributed by atoms with Gasteiger partial charge >= 0.3 is 0 Å². The summed E-state index contributed by atoms with van der Waals surface area (Å²) in [5, 5.41) is 10.9. The molecule has 0 saturated heterocycles. The molecule has 0 aliphatic heterocycles. The zero-order valence-corrected chi connectivity index (χ0v) is 16.9. The number of anilines is 3. The third kappa shape index (κ3) is 4.49. The SMILES string of the molecule is COCC(C)Nc1ccc(CCNc2nc(N)n3nc(-c4ccco4)nc3n2)cc1. The summed E-state index contributed by atoms with van der Waals surface area (Å²) < 4.78 is 11.9. The van der Waals surface area contributed by atoms with Crippen molar-refractivity contribution in [3.05, 3.63) is 48.2 Å². The molecule has 4 N–H and O–H groups in total. The van der Waals surface area contributed by atoms with Gasteiger partial charge in [-0.15, -0.1) is 5.10 Å². The Morgan fingerprint density at radius 3 is 2.73 bits per heavy atom.